The molecule has 6 rings (SSSR count). The van der Waals surface area contributed by atoms with Crippen LogP contribution < -0.4 is 5.32 Å². The first kappa shape index (κ1) is 22.0. The molecule has 2 aliphatic rings. The molecule has 0 radical (unpaired) electrons. The maximum absolute atomic E-state index is 13.1. The van der Waals surface area contributed by atoms with Crippen molar-refractivity contribution in [1.82, 2.24) is 34.7 Å². The number of hydrogen-bond acceptors (Lipinski definition) is 5. The smallest absolute Gasteiger partial charge is 0.255 e. The highest BCUT2D eigenvalue weighted by Gasteiger charge is 2.21. The molecule has 0 bridgehead atoms. The SMILES string of the molecule is CN1CC=C(c2cnc3[nH]cc(-c4ccn5ncc(C(=O)NC6CCN(C)CC6)c5c4)c3c2)CC1. The van der Waals surface area contributed by atoms with E-state index < -0.39 is 0 Å². The summed E-state index contributed by atoms with van der Waals surface area (Å²) >= 11 is 0. The van der Waals surface area contributed by atoms with Gasteiger partial charge < -0.3 is 20.1 Å². The molecule has 0 aromatic carbocycles. The number of likely N-dealkylation sites (N-methyl/N-ethyl adjacent to an activating group) is 1. The van der Waals surface area contributed by atoms with Crippen LogP contribution in [-0.2, 0) is 0 Å². The van der Waals surface area contributed by atoms with Gasteiger partial charge in [-0.3, -0.25) is 4.79 Å². The Kier molecular flexibility index (Phi) is 5.62. The summed E-state index contributed by atoms with van der Waals surface area (Å²) in [7, 11) is 4.27. The minimum atomic E-state index is -0.0520. The van der Waals surface area contributed by atoms with Gasteiger partial charge in [0.1, 0.15) is 5.65 Å². The van der Waals surface area contributed by atoms with E-state index >= 15 is 0 Å². The Morgan fingerprint density at radius 2 is 1.94 bits per heavy atom. The predicted molar refractivity (Wildman–Crippen MR) is 138 cm³/mol. The van der Waals surface area contributed by atoms with E-state index in [2.05, 4.69) is 57.5 Å². The van der Waals surface area contributed by atoms with E-state index in [0.29, 0.717) is 5.56 Å². The van der Waals surface area contributed by atoms with Gasteiger partial charge in [0.15, 0.2) is 0 Å². The monoisotopic (exact) mass is 469 g/mol. The fraction of sp³-hybridized carbons (Fsp3) is 0.370. The summed E-state index contributed by atoms with van der Waals surface area (Å²) in [5, 5.41) is 8.73. The zero-order valence-electron chi connectivity index (χ0n) is 20.3. The predicted octanol–water partition coefficient (Wildman–Crippen LogP) is 3.42. The first-order valence-corrected chi connectivity index (χ1v) is 12.4. The molecule has 1 saturated heterocycles. The summed E-state index contributed by atoms with van der Waals surface area (Å²) in [6, 6.07) is 6.55. The lowest BCUT2D eigenvalue weighted by Gasteiger charge is -2.29. The Morgan fingerprint density at radius 3 is 2.74 bits per heavy atom. The van der Waals surface area contributed by atoms with Crippen molar-refractivity contribution in [3.8, 4) is 11.1 Å². The van der Waals surface area contributed by atoms with E-state index in [1.54, 1.807) is 10.7 Å². The van der Waals surface area contributed by atoms with E-state index in [4.69, 9.17) is 4.98 Å². The van der Waals surface area contributed by atoms with Gasteiger partial charge in [-0.15, -0.1) is 0 Å². The minimum absolute atomic E-state index is 0.0520. The van der Waals surface area contributed by atoms with Crippen LogP contribution in [0.4, 0.5) is 0 Å². The molecule has 0 unspecified atom stereocenters. The van der Waals surface area contributed by atoms with Crippen LogP contribution in [0.3, 0.4) is 0 Å². The second-order valence-electron chi connectivity index (χ2n) is 9.92. The molecule has 2 aliphatic heterocycles. The summed E-state index contributed by atoms with van der Waals surface area (Å²) in [5.41, 5.74) is 6.93. The minimum Gasteiger partial charge on any atom is -0.349 e. The quantitative estimate of drug-likeness (QED) is 0.479. The van der Waals surface area contributed by atoms with Gasteiger partial charge in [-0.05, 0) is 81.3 Å². The van der Waals surface area contributed by atoms with Crippen molar-refractivity contribution in [2.75, 3.05) is 40.3 Å². The molecular formula is C27H31N7O. The van der Waals surface area contributed by atoms with E-state index in [0.717, 1.165) is 73.1 Å². The Morgan fingerprint density at radius 1 is 1.09 bits per heavy atom. The zero-order chi connectivity index (χ0) is 23.9. The Bertz CT molecular complexity index is 1420. The highest BCUT2D eigenvalue weighted by atomic mass is 16.1. The fourth-order valence-corrected chi connectivity index (χ4v) is 5.19. The standard InChI is InChI=1S/C27H31N7O/c1-32-8-3-18(4-9-32)20-13-22-23(16-29-26(22)28-15-20)19-5-12-34-25(14-19)24(17-30-34)27(35)31-21-6-10-33(2)11-7-21/h3,5,12-17,21H,4,6-11H2,1-2H3,(H,28,29)(H,31,35). The normalized spacial score (nSPS) is 18.3. The number of pyridine rings is 2. The molecule has 35 heavy (non-hydrogen) atoms. The molecule has 4 aromatic rings. The summed E-state index contributed by atoms with van der Waals surface area (Å²) in [5.74, 6) is -0.0520. The molecule has 8 nitrogen and oxygen atoms in total. The van der Waals surface area contributed by atoms with Crippen LogP contribution in [0.1, 0.15) is 35.2 Å². The largest absolute Gasteiger partial charge is 0.349 e. The number of nitrogens with one attached hydrogen (secondary N) is 2. The summed E-state index contributed by atoms with van der Waals surface area (Å²) in [4.78, 5) is 25.7. The highest BCUT2D eigenvalue weighted by molar-refractivity contribution is 6.02. The van der Waals surface area contributed by atoms with Crippen LogP contribution >= 0.6 is 0 Å². The molecule has 0 aliphatic carbocycles. The van der Waals surface area contributed by atoms with E-state index in [1.807, 2.05) is 24.7 Å². The number of amides is 1. The molecule has 0 atom stereocenters. The third-order valence-electron chi connectivity index (χ3n) is 7.45. The topological polar surface area (TPSA) is 81.6 Å². The second-order valence-corrected chi connectivity index (χ2v) is 9.92. The third kappa shape index (κ3) is 4.24. The van der Waals surface area contributed by atoms with Crippen molar-refractivity contribution in [3.63, 3.8) is 0 Å². The van der Waals surface area contributed by atoms with E-state index in [1.165, 1.54) is 11.1 Å². The first-order valence-electron chi connectivity index (χ1n) is 12.4. The third-order valence-corrected chi connectivity index (χ3v) is 7.45. The number of nitrogens with zero attached hydrogens (tertiary/aromatic N) is 5. The Labute approximate surface area is 204 Å². The molecule has 0 saturated carbocycles. The molecule has 1 amide bonds. The number of H-pyrrole nitrogens is 1. The van der Waals surface area contributed by atoms with Crippen molar-refractivity contribution in [2.24, 2.45) is 0 Å². The van der Waals surface area contributed by atoms with Crippen molar-refractivity contribution in [3.05, 3.63) is 60.2 Å². The van der Waals surface area contributed by atoms with Crippen LogP contribution in [0, 0.1) is 0 Å². The fourth-order valence-electron chi connectivity index (χ4n) is 5.19. The van der Waals surface area contributed by atoms with Gasteiger partial charge in [0.05, 0.1) is 17.3 Å². The lowest BCUT2D eigenvalue weighted by molar-refractivity contribution is 0.0918. The van der Waals surface area contributed by atoms with Crippen LogP contribution in [0.15, 0.2) is 49.1 Å². The molecule has 1 fully saturated rings. The van der Waals surface area contributed by atoms with Gasteiger partial charge in [-0.1, -0.05) is 6.08 Å². The molecule has 6 heterocycles. The van der Waals surface area contributed by atoms with E-state index in [-0.39, 0.29) is 11.9 Å². The molecule has 8 heteroatoms. The number of hydrogen-bond donors (Lipinski definition) is 2. The first-order chi connectivity index (χ1) is 17.0. The zero-order valence-corrected chi connectivity index (χ0v) is 20.3. The molecule has 4 aromatic heterocycles. The van der Waals surface area contributed by atoms with E-state index in [9.17, 15) is 4.79 Å². The lowest BCUT2D eigenvalue weighted by Crippen LogP contribution is -2.43. The van der Waals surface area contributed by atoms with Gasteiger partial charge in [-0.2, -0.15) is 5.10 Å². The Hall–Kier alpha value is -3.49. The summed E-state index contributed by atoms with van der Waals surface area (Å²) in [6.45, 7) is 4.04. The maximum Gasteiger partial charge on any atom is 0.255 e. The van der Waals surface area contributed by atoms with Crippen LogP contribution in [-0.4, -0.2) is 81.6 Å². The van der Waals surface area contributed by atoms with Crippen molar-refractivity contribution < 1.29 is 4.79 Å². The molecular weight excluding hydrogens is 438 g/mol. The number of likely N-dealkylation sites (tertiary alicyclic amines) is 1. The average molecular weight is 470 g/mol. The second kappa shape index (κ2) is 8.94. The van der Waals surface area contributed by atoms with Crippen LogP contribution in [0.25, 0.3) is 33.3 Å². The van der Waals surface area contributed by atoms with Crippen molar-refractivity contribution >= 4 is 28.0 Å². The van der Waals surface area contributed by atoms with Gasteiger partial charge in [0.25, 0.3) is 5.91 Å². The number of aromatic amines is 1. The van der Waals surface area contributed by atoms with Gasteiger partial charge >= 0.3 is 0 Å². The molecule has 180 valence electrons. The van der Waals surface area contributed by atoms with Gasteiger partial charge in [0.2, 0.25) is 0 Å². The highest BCUT2D eigenvalue weighted by Crippen LogP contribution is 2.32. The summed E-state index contributed by atoms with van der Waals surface area (Å²) < 4.78 is 1.77. The number of carbonyl (C=O) groups is 1. The Balaban J connectivity index is 1.32. The summed E-state index contributed by atoms with van der Waals surface area (Å²) in [6.07, 6.45) is 12.8. The number of aromatic nitrogens is 4. The van der Waals surface area contributed by atoms with Gasteiger partial charge in [0, 0.05) is 48.7 Å². The van der Waals surface area contributed by atoms with Crippen LogP contribution in [0.2, 0.25) is 0 Å². The van der Waals surface area contributed by atoms with Crippen LogP contribution in [0.5, 0.6) is 0 Å². The number of rotatable bonds is 4. The van der Waals surface area contributed by atoms with Crippen molar-refractivity contribution in [2.45, 2.75) is 25.3 Å². The number of carbonyl (C=O) groups excluding carboxylic acids is 1. The maximum atomic E-state index is 13.1. The van der Waals surface area contributed by atoms with Crippen molar-refractivity contribution in [1.29, 1.82) is 0 Å². The number of fused-ring (bicyclic) bond motifs is 2. The molecule has 0 spiro atoms. The number of piperidine rings is 1. The average Bonchev–Trinajstić information content (AvgIpc) is 3.49. The molecule has 2 N–H and O–H groups in total. The van der Waals surface area contributed by atoms with Gasteiger partial charge in [-0.25, -0.2) is 9.50 Å². The lowest BCUT2D eigenvalue weighted by atomic mass is 9.98.